The summed E-state index contributed by atoms with van der Waals surface area (Å²) in [7, 11) is 0. The highest BCUT2D eigenvalue weighted by atomic mass is 35.5. The number of nitrogens with one attached hydrogen (secondary N) is 1. The summed E-state index contributed by atoms with van der Waals surface area (Å²) >= 11 is 8.18. The van der Waals surface area contributed by atoms with E-state index in [1.54, 1.807) is 6.08 Å². The maximum Gasteiger partial charge on any atom is 0.293 e. The number of imide groups is 1. The van der Waals surface area contributed by atoms with Crippen LogP contribution in [0.5, 0.6) is 0 Å². The predicted octanol–water partition coefficient (Wildman–Crippen LogP) is 4.33. The number of amides is 3. The van der Waals surface area contributed by atoms with E-state index in [2.05, 4.69) is 5.32 Å². The number of hydrogen-bond acceptors (Lipinski definition) is 5. The van der Waals surface area contributed by atoms with Gasteiger partial charge in [-0.3, -0.25) is 19.3 Å². The zero-order chi connectivity index (χ0) is 20.1. The van der Waals surface area contributed by atoms with Gasteiger partial charge in [0.15, 0.2) is 0 Å². The Morgan fingerprint density at radius 2 is 2.00 bits per heavy atom. The van der Waals surface area contributed by atoms with Gasteiger partial charge in [-0.25, -0.2) is 4.39 Å². The van der Waals surface area contributed by atoms with E-state index >= 15 is 0 Å². The smallest absolute Gasteiger partial charge is 0.293 e. The van der Waals surface area contributed by atoms with Gasteiger partial charge in [0, 0.05) is 29.8 Å². The molecular formula is C19H16ClFN2O3S2. The lowest BCUT2D eigenvalue weighted by molar-refractivity contribution is -0.124. The van der Waals surface area contributed by atoms with Crippen molar-refractivity contribution in [3.63, 3.8) is 0 Å². The van der Waals surface area contributed by atoms with Crippen molar-refractivity contribution in [1.82, 2.24) is 10.2 Å². The van der Waals surface area contributed by atoms with E-state index < -0.39 is 5.91 Å². The number of thiophene rings is 1. The third-order valence-electron chi connectivity index (χ3n) is 3.92. The Hall–Kier alpha value is -2.16. The van der Waals surface area contributed by atoms with E-state index in [1.807, 2.05) is 11.4 Å². The molecule has 1 aliphatic heterocycles. The first-order chi connectivity index (χ1) is 13.4. The van der Waals surface area contributed by atoms with Crippen LogP contribution in [0.15, 0.2) is 40.6 Å². The summed E-state index contributed by atoms with van der Waals surface area (Å²) in [5, 5.41) is 4.80. The molecule has 146 valence electrons. The highest BCUT2D eigenvalue weighted by Crippen LogP contribution is 2.31. The first-order valence-electron chi connectivity index (χ1n) is 8.43. The molecule has 0 saturated carbocycles. The Bertz CT molecular complexity index is 928. The average molecular weight is 439 g/mol. The standard InChI is InChI=1S/C19H16ClFN2O3S2/c20-13-10-15(27-11-13)5-6-17(24)22-7-8-23-18(25)16(28-19(23)26)9-12-1-3-14(21)4-2-12/h1-4,9-11H,5-8H2,(H,22,24). The van der Waals surface area contributed by atoms with Crippen LogP contribution in [0.1, 0.15) is 16.9 Å². The molecule has 0 atom stereocenters. The van der Waals surface area contributed by atoms with Crippen molar-refractivity contribution in [2.24, 2.45) is 0 Å². The summed E-state index contributed by atoms with van der Waals surface area (Å²) in [6.45, 7) is 0.286. The van der Waals surface area contributed by atoms with Gasteiger partial charge in [-0.1, -0.05) is 23.7 Å². The average Bonchev–Trinajstić information content (AvgIpc) is 3.19. The Kier molecular flexibility index (Phi) is 6.88. The molecule has 0 unspecified atom stereocenters. The Morgan fingerprint density at radius 3 is 2.68 bits per heavy atom. The van der Waals surface area contributed by atoms with Crippen LogP contribution in [-0.2, 0) is 16.0 Å². The van der Waals surface area contributed by atoms with Crippen molar-refractivity contribution >= 4 is 57.8 Å². The molecule has 28 heavy (non-hydrogen) atoms. The molecule has 2 heterocycles. The number of nitrogens with zero attached hydrogens (tertiary/aromatic N) is 1. The van der Waals surface area contributed by atoms with E-state index in [-0.39, 0.29) is 35.0 Å². The highest BCUT2D eigenvalue weighted by molar-refractivity contribution is 8.18. The van der Waals surface area contributed by atoms with Crippen LogP contribution in [0.4, 0.5) is 9.18 Å². The Labute approximate surface area is 174 Å². The van der Waals surface area contributed by atoms with E-state index in [9.17, 15) is 18.8 Å². The predicted molar refractivity (Wildman–Crippen MR) is 110 cm³/mol. The number of hydrogen-bond donors (Lipinski definition) is 1. The van der Waals surface area contributed by atoms with Crippen molar-refractivity contribution < 1.29 is 18.8 Å². The minimum atomic E-state index is -0.415. The number of aryl methyl sites for hydroxylation is 1. The number of rotatable bonds is 7. The lowest BCUT2D eigenvalue weighted by atomic mass is 10.2. The molecule has 0 bridgehead atoms. The molecule has 3 rings (SSSR count). The highest BCUT2D eigenvalue weighted by Gasteiger charge is 2.34. The Balaban J connectivity index is 1.47. The fraction of sp³-hybridized carbons (Fsp3) is 0.211. The summed E-state index contributed by atoms with van der Waals surface area (Å²) in [6.07, 6.45) is 2.45. The summed E-state index contributed by atoms with van der Waals surface area (Å²) in [5.74, 6) is -0.941. The van der Waals surface area contributed by atoms with Crippen LogP contribution >= 0.6 is 34.7 Å². The molecule has 1 aromatic carbocycles. The van der Waals surface area contributed by atoms with Crippen molar-refractivity contribution in [2.45, 2.75) is 12.8 Å². The molecule has 9 heteroatoms. The number of carbonyl (C=O) groups excluding carboxylic acids is 3. The first-order valence-corrected chi connectivity index (χ1v) is 10.5. The third-order valence-corrected chi connectivity index (χ3v) is 6.17. The maximum atomic E-state index is 13.0. The van der Waals surface area contributed by atoms with Gasteiger partial charge in [-0.05, 0) is 48.0 Å². The van der Waals surface area contributed by atoms with E-state index in [4.69, 9.17) is 11.6 Å². The van der Waals surface area contributed by atoms with Crippen molar-refractivity contribution in [1.29, 1.82) is 0 Å². The molecule has 1 aliphatic rings. The molecule has 1 N–H and O–H groups in total. The van der Waals surface area contributed by atoms with E-state index in [0.29, 0.717) is 23.4 Å². The maximum absolute atomic E-state index is 13.0. The van der Waals surface area contributed by atoms with Gasteiger partial charge in [-0.2, -0.15) is 0 Å². The second kappa shape index (κ2) is 9.36. The minimum absolute atomic E-state index is 0.0992. The van der Waals surface area contributed by atoms with E-state index in [0.717, 1.165) is 21.5 Å². The number of benzene rings is 1. The molecule has 5 nitrogen and oxygen atoms in total. The van der Waals surface area contributed by atoms with Gasteiger partial charge < -0.3 is 5.32 Å². The molecule has 1 saturated heterocycles. The van der Waals surface area contributed by atoms with Crippen molar-refractivity contribution in [3.05, 3.63) is 61.9 Å². The Morgan fingerprint density at radius 1 is 1.25 bits per heavy atom. The summed E-state index contributed by atoms with van der Waals surface area (Å²) < 4.78 is 13.0. The monoisotopic (exact) mass is 438 g/mol. The lowest BCUT2D eigenvalue weighted by Gasteiger charge is -2.12. The quantitative estimate of drug-likeness (QED) is 0.653. The molecule has 1 fully saturated rings. The minimum Gasteiger partial charge on any atom is -0.354 e. The molecule has 0 radical (unpaired) electrons. The normalized spacial score (nSPS) is 15.5. The fourth-order valence-corrected chi connectivity index (χ4v) is 4.46. The summed E-state index contributed by atoms with van der Waals surface area (Å²) in [4.78, 5) is 38.8. The molecular weight excluding hydrogens is 423 g/mol. The largest absolute Gasteiger partial charge is 0.354 e. The molecule has 0 aliphatic carbocycles. The van der Waals surface area contributed by atoms with Crippen molar-refractivity contribution in [2.75, 3.05) is 13.1 Å². The van der Waals surface area contributed by atoms with Crippen LogP contribution in [0.3, 0.4) is 0 Å². The SMILES string of the molecule is O=C(CCc1cc(Cl)cs1)NCCN1C(=O)SC(=Cc2ccc(F)cc2)C1=O. The second-order valence-corrected chi connectivity index (χ2v) is 8.39. The number of carbonyl (C=O) groups is 3. The van der Waals surface area contributed by atoms with Gasteiger partial charge >= 0.3 is 0 Å². The van der Waals surface area contributed by atoms with Gasteiger partial charge in [0.2, 0.25) is 5.91 Å². The zero-order valence-electron chi connectivity index (χ0n) is 14.6. The lowest BCUT2D eigenvalue weighted by Crippen LogP contribution is -2.37. The fourth-order valence-electron chi connectivity index (χ4n) is 2.52. The van der Waals surface area contributed by atoms with Crippen molar-refractivity contribution in [3.8, 4) is 0 Å². The molecule has 2 aromatic rings. The third kappa shape index (κ3) is 5.43. The molecule has 3 amide bonds. The van der Waals surface area contributed by atoms with Crippen LogP contribution in [0.2, 0.25) is 5.02 Å². The van der Waals surface area contributed by atoms with Crippen LogP contribution in [-0.4, -0.2) is 35.0 Å². The van der Waals surface area contributed by atoms with Gasteiger partial charge in [0.25, 0.3) is 11.1 Å². The van der Waals surface area contributed by atoms with E-state index in [1.165, 1.54) is 35.6 Å². The summed E-state index contributed by atoms with van der Waals surface area (Å²) in [6, 6.07) is 7.47. The number of halogens is 2. The zero-order valence-corrected chi connectivity index (χ0v) is 17.0. The van der Waals surface area contributed by atoms with Gasteiger partial charge in [0.1, 0.15) is 5.82 Å². The summed E-state index contributed by atoms with van der Waals surface area (Å²) in [5.41, 5.74) is 0.633. The molecule has 1 aromatic heterocycles. The second-order valence-electron chi connectivity index (χ2n) is 5.97. The topological polar surface area (TPSA) is 66.5 Å². The molecule has 0 spiro atoms. The van der Waals surface area contributed by atoms with Gasteiger partial charge in [-0.15, -0.1) is 11.3 Å². The first kappa shape index (κ1) is 20.6. The number of thioether (sulfide) groups is 1. The van der Waals surface area contributed by atoms with Gasteiger partial charge in [0.05, 0.1) is 9.93 Å². The van der Waals surface area contributed by atoms with Crippen LogP contribution in [0.25, 0.3) is 6.08 Å². The van der Waals surface area contributed by atoms with Crippen LogP contribution < -0.4 is 5.32 Å². The van der Waals surface area contributed by atoms with Crippen LogP contribution in [0, 0.1) is 5.82 Å².